The van der Waals surface area contributed by atoms with Crippen LogP contribution in [-0.2, 0) is 11.2 Å². The average molecular weight is 288 g/mol. The molecule has 0 aliphatic carbocycles. The van der Waals surface area contributed by atoms with Crippen molar-refractivity contribution >= 4 is 11.9 Å². The van der Waals surface area contributed by atoms with Crippen LogP contribution >= 0.6 is 0 Å². The Morgan fingerprint density at radius 3 is 2.57 bits per heavy atom. The van der Waals surface area contributed by atoms with Crippen LogP contribution in [-0.4, -0.2) is 28.0 Å². The Labute approximate surface area is 120 Å². The van der Waals surface area contributed by atoms with E-state index in [-0.39, 0.29) is 12.0 Å². The fourth-order valence-electron chi connectivity index (χ4n) is 1.85. The molecule has 2 rings (SSSR count). The molecule has 2 aromatic rings. The number of nitrogens with one attached hydrogen (secondary N) is 1. The van der Waals surface area contributed by atoms with E-state index in [9.17, 15) is 19.1 Å². The molecule has 0 radical (unpaired) electrons. The van der Waals surface area contributed by atoms with Gasteiger partial charge in [0.25, 0.3) is 5.91 Å². The summed E-state index contributed by atoms with van der Waals surface area (Å²) in [7, 11) is 0. The van der Waals surface area contributed by atoms with Gasteiger partial charge in [-0.1, -0.05) is 30.3 Å². The normalized spacial score (nSPS) is 11.7. The van der Waals surface area contributed by atoms with Crippen molar-refractivity contribution in [3.63, 3.8) is 0 Å². The molecular formula is C15H13FN2O3. The van der Waals surface area contributed by atoms with E-state index < -0.39 is 23.7 Å². The van der Waals surface area contributed by atoms with Crippen LogP contribution in [0.1, 0.15) is 15.9 Å². The number of aliphatic carboxylic acids is 1. The highest BCUT2D eigenvalue weighted by atomic mass is 19.1. The first-order valence-electron chi connectivity index (χ1n) is 6.25. The number of carboxylic acids is 1. The molecule has 21 heavy (non-hydrogen) atoms. The molecular weight excluding hydrogens is 275 g/mol. The largest absolute Gasteiger partial charge is 0.480 e. The van der Waals surface area contributed by atoms with Gasteiger partial charge in [-0.25, -0.2) is 9.18 Å². The maximum atomic E-state index is 13.4. The maximum absolute atomic E-state index is 13.4. The molecule has 0 aliphatic rings. The zero-order chi connectivity index (χ0) is 15.2. The molecule has 5 nitrogen and oxygen atoms in total. The summed E-state index contributed by atoms with van der Waals surface area (Å²) >= 11 is 0. The van der Waals surface area contributed by atoms with Crippen molar-refractivity contribution in [2.24, 2.45) is 0 Å². The topological polar surface area (TPSA) is 79.3 Å². The molecule has 6 heteroatoms. The van der Waals surface area contributed by atoms with Gasteiger partial charge in [0.15, 0.2) is 5.82 Å². The number of benzene rings is 1. The number of hydrogen-bond acceptors (Lipinski definition) is 3. The first kappa shape index (κ1) is 14.6. The maximum Gasteiger partial charge on any atom is 0.326 e. The summed E-state index contributed by atoms with van der Waals surface area (Å²) in [4.78, 5) is 26.7. The highest BCUT2D eigenvalue weighted by Gasteiger charge is 2.22. The Morgan fingerprint density at radius 2 is 1.95 bits per heavy atom. The van der Waals surface area contributed by atoms with Gasteiger partial charge in [-0.05, 0) is 11.6 Å². The highest BCUT2D eigenvalue weighted by Crippen LogP contribution is 2.07. The van der Waals surface area contributed by atoms with Gasteiger partial charge >= 0.3 is 5.97 Å². The van der Waals surface area contributed by atoms with Crippen molar-refractivity contribution in [3.8, 4) is 0 Å². The first-order chi connectivity index (χ1) is 10.1. The number of amides is 1. The Hall–Kier alpha value is -2.76. The Balaban J connectivity index is 2.12. The highest BCUT2D eigenvalue weighted by molar-refractivity contribution is 5.96. The summed E-state index contributed by atoms with van der Waals surface area (Å²) in [6.45, 7) is 0. The van der Waals surface area contributed by atoms with E-state index in [1.165, 1.54) is 12.3 Å². The van der Waals surface area contributed by atoms with Gasteiger partial charge in [0.05, 0.1) is 11.8 Å². The average Bonchev–Trinajstić information content (AvgIpc) is 2.48. The lowest BCUT2D eigenvalue weighted by molar-refractivity contribution is -0.139. The monoisotopic (exact) mass is 288 g/mol. The summed E-state index contributed by atoms with van der Waals surface area (Å²) in [5.41, 5.74) is 0.532. The van der Waals surface area contributed by atoms with Crippen LogP contribution in [0.2, 0.25) is 0 Å². The van der Waals surface area contributed by atoms with Crippen molar-refractivity contribution < 1.29 is 19.1 Å². The molecule has 0 saturated heterocycles. The molecule has 108 valence electrons. The third kappa shape index (κ3) is 3.85. The van der Waals surface area contributed by atoms with Crippen LogP contribution < -0.4 is 5.32 Å². The first-order valence-corrected chi connectivity index (χ1v) is 6.25. The van der Waals surface area contributed by atoms with E-state index in [1.807, 2.05) is 6.07 Å². The molecule has 2 N–H and O–H groups in total. The van der Waals surface area contributed by atoms with Gasteiger partial charge in [0.1, 0.15) is 6.04 Å². The summed E-state index contributed by atoms with van der Waals surface area (Å²) in [5, 5.41) is 11.5. The van der Waals surface area contributed by atoms with Crippen LogP contribution in [0.15, 0.2) is 48.8 Å². The SMILES string of the molecule is O=C(N[C@H](Cc1ccccc1)C(=O)O)c1ccncc1F. The van der Waals surface area contributed by atoms with Crippen LogP contribution in [0.5, 0.6) is 0 Å². The number of carbonyl (C=O) groups excluding carboxylic acids is 1. The smallest absolute Gasteiger partial charge is 0.326 e. The van der Waals surface area contributed by atoms with Gasteiger partial charge in [-0.3, -0.25) is 9.78 Å². The molecule has 0 fully saturated rings. The summed E-state index contributed by atoms with van der Waals surface area (Å²) in [5.74, 6) is -2.75. The zero-order valence-electron chi connectivity index (χ0n) is 11.0. The molecule has 1 aromatic heterocycles. The number of halogens is 1. The van der Waals surface area contributed by atoms with Crippen molar-refractivity contribution in [3.05, 3.63) is 65.7 Å². The lowest BCUT2D eigenvalue weighted by Crippen LogP contribution is -2.42. The molecule has 0 bridgehead atoms. The predicted octanol–water partition coefficient (Wildman–Crippen LogP) is 1.65. The lowest BCUT2D eigenvalue weighted by atomic mass is 10.1. The van der Waals surface area contributed by atoms with Gasteiger partial charge in [-0.2, -0.15) is 0 Å². The summed E-state index contributed by atoms with van der Waals surface area (Å²) < 4.78 is 13.4. The Kier molecular flexibility index (Phi) is 4.61. The van der Waals surface area contributed by atoms with Crippen molar-refractivity contribution in [2.75, 3.05) is 0 Å². The minimum atomic E-state index is -1.18. The summed E-state index contributed by atoms with van der Waals surface area (Å²) in [6.07, 6.45) is 2.29. The predicted molar refractivity (Wildman–Crippen MR) is 73.2 cm³/mol. The van der Waals surface area contributed by atoms with Gasteiger partial charge in [0.2, 0.25) is 0 Å². The Bertz CT molecular complexity index is 646. The second kappa shape index (κ2) is 6.60. The molecule has 0 aliphatic heterocycles. The van der Waals surface area contributed by atoms with Gasteiger partial charge in [0, 0.05) is 12.6 Å². The minimum Gasteiger partial charge on any atom is -0.480 e. The quantitative estimate of drug-likeness (QED) is 0.876. The second-order valence-electron chi connectivity index (χ2n) is 4.41. The number of carbonyl (C=O) groups is 2. The molecule has 0 spiro atoms. The van der Waals surface area contributed by atoms with E-state index >= 15 is 0 Å². The van der Waals surface area contributed by atoms with E-state index in [0.29, 0.717) is 0 Å². The van der Waals surface area contributed by atoms with E-state index in [4.69, 9.17) is 0 Å². The molecule has 0 unspecified atom stereocenters. The number of rotatable bonds is 5. The van der Waals surface area contributed by atoms with Crippen molar-refractivity contribution in [2.45, 2.75) is 12.5 Å². The Morgan fingerprint density at radius 1 is 1.24 bits per heavy atom. The number of aromatic nitrogens is 1. The second-order valence-corrected chi connectivity index (χ2v) is 4.41. The van der Waals surface area contributed by atoms with Crippen LogP contribution in [0.25, 0.3) is 0 Å². The van der Waals surface area contributed by atoms with Crippen LogP contribution in [0, 0.1) is 5.82 Å². The number of hydrogen-bond donors (Lipinski definition) is 2. The summed E-state index contributed by atoms with van der Waals surface area (Å²) in [6, 6.07) is 8.95. The molecule has 1 heterocycles. The van der Waals surface area contributed by atoms with E-state index in [1.54, 1.807) is 24.3 Å². The fourth-order valence-corrected chi connectivity index (χ4v) is 1.85. The van der Waals surface area contributed by atoms with E-state index in [2.05, 4.69) is 10.3 Å². The standard InChI is InChI=1S/C15H13FN2O3/c16-12-9-17-7-6-11(12)14(19)18-13(15(20)21)8-10-4-2-1-3-5-10/h1-7,9,13H,8H2,(H,18,19)(H,20,21)/t13-/m1/s1. The third-order valence-corrected chi connectivity index (χ3v) is 2.90. The number of carboxylic acid groups (broad SMARTS) is 1. The third-order valence-electron chi connectivity index (χ3n) is 2.90. The van der Waals surface area contributed by atoms with Crippen LogP contribution in [0.3, 0.4) is 0 Å². The van der Waals surface area contributed by atoms with Gasteiger partial charge in [-0.15, -0.1) is 0 Å². The van der Waals surface area contributed by atoms with Crippen LogP contribution in [0.4, 0.5) is 4.39 Å². The van der Waals surface area contributed by atoms with Crippen molar-refractivity contribution in [1.29, 1.82) is 0 Å². The van der Waals surface area contributed by atoms with E-state index in [0.717, 1.165) is 11.8 Å². The lowest BCUT2D eigenvalue weighted by Gasteiger charge is -2.14. The fraction of sp³-hybridized carbons (Fsp3) is 0.133. The molecule has 1 amide bonds. The number of pyridine rings is 1. The minimum absolute atomic E-state index is 0.120. The number of nitrogens with zero attached hydrogens (tertiary/aromatic N) is 1. The molecule has 0 saturated carbocycles. The molecule has 1 atom stereocenters. The van der Waals surface area contributed by atoms with Crippen molar-refractivity contribution in [1.82, 2.24) is 10.3 Å². The molecule has 1 aromatic carbocycles. The van der Waals surface area contributed by atoms with Gasteiger partial charge < -0.3 is 10.4 Å². The zero-order valence-corrected chi connectivity index (χ0v) is 11.0.